The number of piperidine rings is 1. The van der Waals surface area contributed by atoms with E-state index in [2.05, 4.69) is 10.5 Å². The van der Waals surface area contributed by atoms with E-state index < -0.39 is 0 Å². The third-order valence-electron chi connectivity index (χ3n) is 5.47. The van der Waals surface area contributed by atoms with Crippen LogP contribution in [0.2, 0.25) is 0 Å². The molecule has 9 nitrogen and oxygen atoms in total. The Morgan fingerprint density at radius 2 is 2.04 bits per heavy atom. The first-order valence-corrected chi connectivity index (χ1v) is 9.51. The highest BCUT2D eigenvalue weighted by Crippen LogP contribution is 2.21. The highest BCUT2D eigenvalue weighted by Gasteiger charge is 2.27. The van der Waals surface area contributed by atoms with E-state index in [4.69, 9.17) is 4.52 Å². The number of aromatic nitrogens is 3. The van der Waals surface area contributed by atoms with Crippen LogP contribution in [0.3, 0.4) is 0 Å². The van der Waals surface area contributed by atoms with Crippen LogP contribution >= 0.6 is 0 Å². The van der Waals surface area contributed by atoms with Gasteiger partial charge in [-0.2, -0.15) is 0 Å². The van der Waals surface area contributed by atoms with Crippen molar-refractivity contribution in [2.75, 3.05) is 24.5 Å². The van der Waals surface area contributed by atoms with Crippen molar-refractivity contribution in [1.29, 1.82) is 0 Å². The molecule has 3 rings (SSSR count). The second-order valence-corrected chi connectivity index (χ2v) is 7.37. The molecule has 1 fully saturated rings. The number of aryl methyl sites for hydroxylation is 2. The molecule has 1 aliphatic heterocycles. The zero-order valence-electron chi connectivity index (χ0n) is 16.8. The number of hydrogen-bond acceptors (Lipinski definition) is 6. The molecule has 0 bridgehead atoms. The lowest BCUT2D eigenvalue weighted by atomic mass is 9.97. The Balaban J connectivity index is 1.64. The molecule has 1 atom stereocenters. The van der Waals surface area contributed by atoms with Crippen molar-refractivity contribution in [2.24, 2.45) is 20.0 Å². The molecule has 152 valence electrons. The van der Waals surface area contributed by atoms with Gasteiger partial charge in [-0.1, -0.05) is 5.16 Å². The fourth-order valence-corrected chi connectivity index (χ4v) is 3.74. The van der Waals surface area contributed by atoms with Crippen LogP contribution in [-0.4, -0.2) is 39.8 Å². The van der Waals surface area contributed by atoms with E-state index in [-0.39, 0.29) is 23.1 Å². The molecule has 28 heavy (non-hydrogen) atoms. The predicted molar refractivity (Wildman–Crippen MR) is 105 cm³/mol. The van der Waals surface area contributed by atoms with Crippen LogP contribution in [0.1, 0.15) is 29.9 Å². The number of rotatable bonds is 5. The predicted octanol–water partition coefficient (Wildman–Crippen LogP) is 0.264. The first kappa shape index (κ1) is 19.9. The maximum atomic E-state index is 12.6. The van der Waals surface area contributed by atoms with Gasteiger partial charge in [-0.15, -0.1) is 0 Å². The Morgan fingerprint density at radius 3 is 2.71 bits per heavy atom. The summed E-state index contributed by atoms with van der Waals surface area (Å²) in [5.74, 6) is 1.14. The van der Waals surface area contributed by atoms with Crippen molar-refractivity contribution in [3.63, 3.8) is 0 Å². The second-order valence-electron chi connectivity index (χ2n) is 7.37. The van der Waals surface area contributed by atoms with Crippen LogP contribution in [-0.2, 0) is 25.3 Å². The third kappa shape index (κ3) is 3.88. The van der Waals surface area contributed by atoms with E-state index in [0.29, 0.717) is 31.9 Å². The lowest BCUT2D eigenvalue weighted by molar-refractivity contribution is -0.125. The van der Waals surface area contributed by atoms with E-state index in [9.17, 15) is 14.4 Å². The van der Waals surface area contributed by atoms with E-state index in [1.54, 1.807) is 7.05 Å². The van der Waals surface area contributed by atoms with Crippen molar-refractivity contribution in [2.45, 2.75) is 33.1 Å². The highest BCUT2D eigenvalue weighted by atomic mass is 16.5. The van der Waals surface area contributed by atoms with Crippen LogP contribution < -0.4 is 21.5 Å². The van der Waals surface area contributed by atoms with Gasteiger partial charge < -0.3 is 14.7 Å². The summed E-state index contributed by atoms with van der Waals surface area (Å²) in [6.45, 7) is 5.47. The van der Waals surface area contributed by atoms with Gasteiger partial charge in [0.1, 0.15) is 11.6 Å². The van der Waals surface area contributed by atoms with Crippen molar-refractivity contribution < 1.29 is 9.32 Å². The topological polar surface area (TPSA) is 102 Å². The molecule has 0 radical (unpaired) electrons. The molecule has 0 aromatic carbocycles. The second kappa shape index (κ2) is 8.04. The molecule has 2 aromatic heterocycles. The van der Waals surface area contributed by atoms with Crippen molar-refractivity contribution in [3.05, 3.63) is 43.9 Å². The fourth-order valence-electron chi connectivity index (χ4n) is 3.74. The molecule has 3 heterocycles. The molecular formula is C19H27N5O4. The van der Waals surface area contributed by atoms with Crippen molar-refractivity contribution in [1.82, 2.24) is 19.6 Å². The Morgan fingerprint density at radius 1 is 1.29 bits per heavy atom. The Kier molecular flexibility index (Phi) is 5.71. The molecule has 1 aliphatic rings. The SMILES string of the molecule is Cc1noc(C)c1CCNC(=O)C1CCCN(c2cc(=O)n(C)c(=O)n2C)C1. The Hall–Kier alpha value is -2.84. The van der Waals surface area contributed by atoms with E-state index in [1.807, 2.05) is 18.7 Å². The molecule has 0 saturated carbocycles. The summed E-state index contributed by atoms with van der Waals surface area (Å²) in [6.07, 6.45) is 2.28. The van der Waals surface area contributed by atoms with Gasteiger partial charge >= 0.3 is 5.69 Å². The lowest BCUT2D eigenvalue weighted by Crippen LogP contribution is -2.46. The average molecular weight is 389 g/mol. The normalized spacial score (nSPS) is 17.0. The van der Waals surface area contributed by atoms with Crippen LogP contribution in [0.25, 0.3) is 0 Å². The summed E-state index contributed by atoms with van der Waals surface area (Å²) in [7, 11) is 3.10. The monoisotopic (exact) mass is 389 g/mol. The molecule has 9 heteroatoms. The number of carbonyl (C=O) groups excluding carboxylic acids is 1. The number of carbonyl (C=O) groups is 1. The lowest BCUT2D eigenvalue weighted by Gasteiger charge is -2.34. The fraction of sp³-hybridized carbons (Fsp3) is 0.579. The van der Waals surface area contributed by atoms with E-state index in [1.165, 1.54) is 17.7 Å². The van der Waals surface area contributed by atoms with Gasteiger partial charge in [0.25, 0.3) is 5.56 Å². The molecule has 1 amide bonds. The molecule has 1 unspecified atom stereocenters. The average Bonchev–Trinajstić information content (AvgIpc) is 3.01. The van der Waals surface area contributed by atoms with E-state index >= 15 is 0 Å². The quantitative estimate of drug-likeness (QED) is 0.787. The van der Waals surface area contributed by atoms with Gasteiger partial charge in [0.2, 0.25) is 5.91 Å². The van der Waals surface area contributed by atoms with Crippen LogP contribution in [0.5, 0.6) is 0 Å². The summed E-state index contributed by atoms with van der Waals surface area (Å²) in [5.41, 5.74) is 1.17. The number of hydrogen-bond donors (Lipinski definition) is 1. The van der Waals surface area contributed by atoms with Crippen LogP contribution in [0.15, 0.2) is 20.2 Å². The van der Waals surface area contributed by atoms with Crippen LogP contribution in [0.4, 0.5) is 5.82 Å². The summed E-state index contributed by atoms with van der Waals surface area (Å²) in [4.78, 5) is 38.8. The number of nitrogens with one attached hydrogen (secondary N) is 1. The summed E-state index contributed by atoms with van der Waals surface area (Å²) < 4.78 is 7.68. The molecule has 1 saturated heterocycles. The molecular weight excluding hydrogens is 362 g/mol. The minimum absolute atomic E-state index is 0.00899. The molecule has 0 aliphatic carbocycles. The van der Waals surface area contributed by atoms with Crippen LogP contribution in [0, 0.1) is 19.8 Å². The van der Waals surface area contributed by atoms with Gasteiger partial charge in [0.05, 0.1) is 11.6 Å². The van der Waals surface area contributed by atoms with Gasteiger partial charge in [-0.25, -0.2) is 4.79 Å². The maximum Gasteiger partial charge on any atom is 0.332 e. The molecule has 0 spiro atoms. The Labute approximate surface area is 162 Å². The molecule has 1 N–H and O–H groups in total. The summed E-state index contributed by atoms with van der Waals surface area (Å²) >= 11 is 0. The number of nitrogens with zero attached hydrogens (tertiary/aromatic N) is 4. The minimum Gasteiger partial charge on any atom is -0.361 e. The smallest absolute Gasteiger partial charge is 0.332 e. The maximum absolute atomic E-state index is 12.6. The number of anilines is 1. The highest BCUT2D eigenvalue weighted by molar-refractivity contribution is 5.79. The van der Waals surface area contributed by atoms with Gasteiger partial charge in [0.15, 0.2) is 0 Å². The number of amides is 1. The minimum atomic E-state index is -0.367. The van der Waals surface area contributed by atoms with E-state index in [0.717, 1.165) is 34.4 Å². The van der Waals surface area contributed by atoms with Crippen molar-refractivity contribution in [3.8, 4) is 0 Å². The standard InChI is InChI=1S/C19H27N5O4/c1-12-15(13(2)28-21-12)7-8-20-18(26)14-6-5-9-24(11-14)16-10-17(25)23(4)19(27)22(16)3/h10,14H,5-9,11H2,1-4H3,(H,20,26). The largest absolute Gasteiger partial charge is 0.361 e. The zero-order chi connectivity index (χ0) is 20.4. The zero-order valence-corrected chi connectivity index (χ0v) is 16.8. The first-order chi connectivity index (χ1) is 13.3. The third-order valence-corrected chi connectivity index (χ3v) is 5.47. The van der Waals surface area contributed by atoms with Gasteiger partial charge in [-0.05, 0) is 33.1 Å². The van der Waals surface area contributed by atoms with Gasteiger partial charge in [0, 0.05) is 45.4 Å². The first-order valence-electron chi connectivity index (χ1n) is 9.51. The summed E-state index contributed by atoms with van der Waals surface area (Å²) in [6, 6.07) is 1.46. The Bertz CT molecular complexity index is 968. The van der Waals surface area contributed by atoms with Gasteiger partial charge in [-0.3, -0.25) is 18.7 Å². The summed E-state index contributed by atoms with van der Waals surface area (Å²) in [5, 5.41) is 6.92. The molecule has 2 aromatic rings. The van der Waals surface area contributed by atoms with Crippen molar-refractivity contribution >= 4 is 11.7 Å².